The molecule has 0 radical (unpaired) electrons. The number of rotatable bonds is 6. The van der Waals surface area contributed by atoms with Gasteiger partial charge in [-0.15, -0.1) is 10.2 Å². The number of ether oxygens (including phenoxy) is 1. The summed E-state index contributed by atoms with van der Waals surface area (Å²) < 4.78 is 46.0. The number of aryl methyl sites for hydroxylation is 1. The van der Waals surface area contributed by atoms with E-state index >= 15 is 0 Å². The van der Waals surface area contributed by atoms with Crippen LogP contribution in [0.25, 0.3) is 11.4 Å². The molecule has 0 fully saturated rings. The number of hydrogen-bond donors (Lipinski definition) is 2. The first kappa shape index (κ1) is 18.0. The first-order valence-electron chi connectivity index (χ1n) is 6.63. The molecule has 0 saturated heterocycles. The Morgan fingerprint density at radius 1 is 1.50 bits per heavy atom. The molecule has 24 heavy (non-hydrogen) atoms. The number of nitrogen functional groups attached to an aromatic ring is 1. The number of thioether (sulfide) groups is 1. The molecular formula is C12H14F3N5O3S. The van der Waals surface area contributed by atoms with Gasteiger partial charge in [0.25, 0.3) is 0 Å². The van der Waals surface area contributed by atoms with Crippen molar-refractivity contribution in [1.82, 2.24) is 20.2 Å². The number of halogens is 3. The number of alkyl halides is 3. The molecule has 0 aliphatic heterocycles. The van der Waals surface area contributed by atoms with E-state index in [1.165, 1.54) is 22.7 Å². The Morgan fingerprint density at radius 2 is 2.25 bits per heavy atom. The molecule has 0 saturated carbocycles. The summed E-state index contributed by atoms with van der Waals surface area (Å²) in [4.78, 5) is 11.1. The fourth-order valence-corrected chi connectivity index (χ4v) is 2.38. The van der Waals surface area contributed by atoms with Gasteiger partial charge in [0.15, 0.2) is 12.4 Å². The standard InChI is InChI=1S/C12H14F3N5O3S/c1-7-8(2-4-22-7)9-18-19-10(20(9)16)24-5-3-17-11(21)23-6-12(13,14)15/h2,4H,3,5-6,16H2,1H3,(H,17,21). The molecule has 12 heteroatoms. The molecule has 2 rings (SSSR count). The highest BCUT2D eigenvalue weighted by Crippen LogP contribution is 2.24. The van der Waals surface area contributed by atoms with Crippen molar-refractivity contribution in [3.8, 4) is 11.4 Å². The van der Waals surface area contributed by atoms with E-state index in [-0.39, 0.29) is 6.54 Å². The number of hydrogen-bond acceptors (Lipinski definition) is 7. The van der Waals surface area contributed by atoms with Gasteiger partial charge < -0.3 is 20.3 Å². The summed E-state index contributed by atoms with van der Waals surface area (Å²) in [6.45, 7) is 0.206. The molecule has 0 aliphatic rings. The van der Waals surface area contributed by atoms with Gasteiger partial charge in [-0.3, -0.25) is 0 Å². The summed E-state index contributed by atoms with van der Waals surface area (Å²) >= 11 is 1.18. The van der Waals surface area contributed by atoms with E-state index in [4.69, 9.17) is 10.3 Å². The maximum atomic E-state index is 11.9. The lowest BCUT2D eigenvalue weighted by Gasteiger charge is -2.08. The number of amides is 1. The van der Waals surface area contributed by atoms with Crippen LogP contribution in [0.3, 0.4) is 0 Å². The maximum Gasteiger partial charge on any atom is 0.422 e. The Morgan fingerprint density at radius 3 is 2.88 bits per heavy atom. The van der Waals surface area contributed by atoms with Crippen LogP contribution in [0, 0.1) is 6.92 Å². The third kappa shape index (κ3) is 4.81. The number of carbonyl (C=O) groups is 1. The second kappa shape index (κ2) is 7.47. The van der Waals surface area contributed by atoms with Gasteiger partial charge >= 0.3 is 12.3 Å². The molecule has 0 unspecified atom stereocenters. The van der Waals surface area contributed by atoms with E-state index < -0.39 is 18.9 Å². The van der Waals surface area contributed by atoms with E-state index in [1.807, 2.05) is 0 Å². The normalized spacial score (nSPS) is 11.5. The van der Waals surface area contributed by atoms with Gasteiger partial charge in [0.2, 0.25) is 5.16 Å². The van der Waals surface area contributed by atoms with Crippen molar-refractivity contribution in [1.29, 1.82) is 0 Å². The SMILES string of the molecule is Cc1occc1-c1nnc(SCCNC(=O)OCC(F)(F)F)n1N. The van der Waals surface area contributed by atoms with Gasteiger partial charge in [-0.25, -0.2) is 9.47 Å². The third-order valence-electron chi connectivity index (χ3n) is 2.73. The minimum absolute atomic E-state index is 0.0777. The molecule has 8 nitrogen and oxygen atoms in total. The minimum Gasteiger partial charge on any atom is -0.469 e. The minimum atomic E-state index is -4.55. The molecule has 2 aromatic rings. The van der Waals surface area contributed by atoms with E-state index in [0.717, 1.165) is 0 Å². The number of alkyl carbamates (subject to hydrolysis) is 1. The van der Waals surface area contributed by atoms with Crippen molar-refractivity contribution < 1.29 is 27.1 Å². The summed E-state index contributed by atoms with van der Waals surface area (Å²) in [5.41, 5.74) is 0.700. The van der Waals surface area contributed by atoms with Gasteiger partial charge in [0.1, 0.15) is 5.76 Å². The van der Waals surface area contributed by atoms with Gasteiger partial charge in [0.05, 0.1) is 11.8 Å². The van der Waals surface area contributed by atoms with Crippen LogP contribution in [0.1, 0.15) is 5.76 Å². The zero-order chi connectivity index (χ0) is 17.7. The first-order chi connectivity index (χ1) is 11.3. The van der Waals surface area contributed by atoms with E-state index in [0.29, 0.717) is 28.1 Å². The molecular weight excluding hydrogens is 351 g/mol. The Kier molecular flexibility index (Phi) is 5.59. The van der Waals surface area contributed by atoms with Crippen LogP contribution >= 0.6 is 11.8 Å². The average molecular weight is 365 g/mol. The number of nitrogens with zero attached hydrogens (tertiary/aromatic N) is 3. The largest absolute Gasteiger partial charge is 0.469 e. The molecule has 0 aromatic carbocycles. The van der Waals surface area contributed by atoms with Crippen LogP contribution in [-0.4, -0.2) is 46.0 Å². The highest BCUT2D eigenvalue weighted by molar-refractivity contribution is 7.99. The summed E-state index contributed by atoms with van der Waals surface area (Å²) in [5.74, 6) is 7.27. The lowest BCUT2D eigenvalue weighted by atomic mass is 10.2. The van der Waals surface area contributed by atoms with Crippen LogP contribution in [-0.2, 0) is 4.74 Å². The highest BCUT2D eigenvalue weighted by atomic mass is 32.2. The zero-order valence-corrected chi connectivity index (χ0v) is 13.3. The van der Waals surface area contributed by atoms with Crippen molar-refractivity contribution in [2.75, 3.05) is 24.7 Å². The average Bonchev–Trinajstić information content (AvgIpc) is 3.07. The van der Waals surface area contributed by atoms with Crippen molar-refractivity contribution >= 4 is 17.9 Å². The Balaban J connectivity index is 1.79. The molecule has 132 valence electrons. The smallest absolute Gasteiger partial charge is 0.422 e. The fourth-order valence-electron chi connectivity index (χ4n) is 1.67. The van der Waals surface area contributed by atoms with Gasteiger partial charge in [0, 0.05) is 12.3 Å². The van der Waals surface area contributed by atoms with Crippen molar-refractivity contribution in [3.05, 3.63) is 18.1 Å². The maximum absolute atomic E-state index is 11.9. The first-order valence-corrected chi connectivity index (χ1v) is 7.61. The summed E-state index contributed by atoms with van der Waals surface area (Å²) in [6.07, 6.45) is -4.19. The van der Waals surface area contributed by atoms with E-state index in [9.17, 15) is 18.0 Å². The Labute approximate surface area is 138 Å². The molecule has 2 aromatic heterocycles. The van der Waals surface area contributed by atoms with Gasteiger partial charge in [-0.1, -0.05) is 11.8 Å². The predicted octanol–water partition coefficient (Wildman–Crippen LogP) is 1.94. The van der Waals surface area contributed by atoms with Crippen molar-refractivity contribution in [2.45, 2.75) is 18.3 Å². The quantitative estimate of drug-likeness (QED) is 0.457. The molecule has 0 bridgehead atoms. The molecule has 1 amide bonds. The lowest BCUT2D eigenvalue weighted by molar-refractivity contribution is -0.160. The van der Waals surface area contributed by atoms with Gasteiger partial charge in [-0.05, 0) is 13.0 Å². The molecule has 3 N–H and O–H groups in total. The lowest BCUT2D eigenvalue weighted by Crippen LogP contribution is -2.30. The Bertz CT molecular complexity index is 700. The van der Waals surface area contributed by atoms with Crippen molar-refractivity contribution in [3.63, 3.8) is 0 Å². The zero-order valence-electron chi connectivity index (χ0n) is 12.5. The molecule has 2 heterocycles. The second-order valence-corrected chi connectivity index (χ2v) is 5.60. The Hall–Kier alpha value is -2.37. The number of nitrogens with one attached hydrogen (secondary N) is 1. The van der Waals surface area contributed by atoms with Crippen LogP contribution in [0.2, 0.25) is 0 Å². The van der Waals surface area contributed by atoms with Crippen molar-refractivity contribution in [2.24, 2.45) is 0 Å². The summed E-state index contributed by atoms with van der Waals surface area (Å²) in [6, 6.07) is 1.70. The summed E-state index contributed by atoms with van der Waals surface area (Å²) in [7, 11) is 0. The fraction of sp³-hybridized carbons (Fsp3) is 0.417. The van der Waals surface area contributed by atoms with Crippen LogP contribution < -0.4 is 11.2 Å². The highest BCUT2D eigenvalue weighted by Gasteiger charge is 2.29. The number of furan rings is 1. The van der Waals surface area contributed by atoms with Crippen LogP contribution in [0.4, 0.5) is 18.0 Å². The molecule has 0 spiro atoms. The summed E-state index contributed by atoms with van der Waals surface area (Å²) in [5, 5.41) is 10.5. The van der Waals surface area contributed by atoms with E-state index in [1.54, 1.807) is 13.0 Å². The molecule has 0 atom stereocenters. The monoisotopic (exact) mass is 365 g/mol. The number of aromatic nitrogens is 3. The predicted molar refractivity (Wildman–Crippen MR) is 78.7 cm³/mol. The van der Waals surface area contributed by atoms with Crippen LogP contribution in [0.5, 0.6) is 0 Å². The second-order valence-electron chi connectivity index (χ2n) is 4.53. The third-order valence-corrected chi connectivity index (χ3v) is 3.68. The van der Waals surface area contributed by atoms with Crippen LogP contribution in [0.15, 0.2) is 21.9 Å². The van der Waals surface area contributed by atoms with E-state index in [2.05, 4.69) is 20.3 Å². The topological polar surface area (TPSA) is 108 Å². The van der Waals surface area contributed by atoms with Gasteiger partial charge in [-0.2, -0.15) is 13.2 Å². The number of carbonyl (C=O) groups excluding carboxylic acids is 1. The molecule has 0 aliphatic carbocycles. The number of nitrogens with two attached hydrogens (primary N) is 1.